The number of anilines is 1. The zero-order valence-corrected chi connectivity index (χ0v) is 14.5. The van der Waals surface area contributed by atoms with Crippen molar-refractivity contribution in [3.05, 3.63) is 46.0 Å². The van der Waals surface area contributed by atoms with Gasteiger partial charge in [0.15, 0.2) is 5.13 Å². The van der Waals surface area contributed by atoms with E-state index in [4.69, 9.17) is 0 Å². The number of aromatic nitrogens is 1. The van der Waals surface area contributed by atoms with Crippen molar-refractivity contribution in [1.82, 2.24) is 4.98 Å². The second-order valence-electron chi connectivity index (χ2n) is 5.82. The fourth-order valence-corrected chi connectivity index (χ4v) is 4.41. The summed E-state index contributed by atoms with van der Waals surface area (Å²) in [6.45, 7) is 2.28. The SMILES string of the molecule is CSCc1cccc(C(=O)Nc2nc3c(s2)CC(C)CC3)c1. The third-order valence-corrected chi connectivity index (χ3v) is 5.56. The molecule has 0 spiro atoms. The Bertz CT molecular complexity index is 681. The Morgan fingerprint density at radius 1 is 1.50 bits per heavy atom. The smallest absolute Gasteiger partial charge is 0.257 e. The minimum absolute atomic E-state index is 0.0675. The van der Waals surface area contributed by atoms with Gasteiger partial charge in [0.1, 0.15) is 0 Å². The molecule has 0 saturated heterocycles. The van der Waals surface area contributed by atoms with Crippen LogP contribution in [-0.4, -0.2) is 17.1 Å². The maximum Gasteiger partial charge on any atom is 0.257 e. The van der Waals surface area contributed by atoms with Gasteiger partial charge in [-0.2, -0.15) is 11.8 Å². The highest BCUT2D eigenvalue weighted by atomic mass is 32.2. The predicted octanol–water partition coefficient (Wildman–Crippen LogP) is 4.38. The number of nitrogens with one attached hydrogen (secondary N) is 1. The number of thioether (sulfide) groups is 1. The molecule has 1 aliphatic carbocycles. The van der Waals surface area contributed by atoms with Crippen molar-refractivity contribution in [2.45, 2.75) is 31.9 Å². The first-order valence-corrected chi connectivity index (χ1v) is 9.74. The number of carbonyl (C=O) groups excluding carboxylic acids is 1. The number of thiazole rings is 1. The van der Waals surface area contributed by atoms with Crippen LogP contribution in [0, 0.1) is 5.92 Å². The van der Waals surface area contributed by atoms with E-state index >= 15 is 0 Å². The number of hydrogen-bond acceptors (Lipinski definition) is 4. The highest BCUT2D eigenvalue weighted by Gasteiger charge is 2.20. The number of carbonyl (C=O) groups is 1. The summed E-state index contributed by atoms with van der Waals surface area (Å²) in [6, 6.07) is 7.81. The summed E-state index contributed by atoms with van der Waals surface area (Å²) in [7, 11) is 0. The molecule has 3 nitrogen and oxygen atoms in total. The number of nitrogens with zero attached hydrogens (tertiary/aromatic N) is 1. The molecule has 0 bridgehead atoms. The fraction of sp³-hybridized carbons (Fsp3) is 0.412. The van der Waals surface area contributed by atoms with Crippen LogP contribution in [0.5, 0.6) is 0 Å². The summed E-state index contributed by atoms with van der Waals surface area (Å²) in [5, 5.41) is 3.70. The number of fused-ring (bicyclic) bond motifs is 1. The molecule has 1 N–H and O–H groups in total. The van der Waals surface area contributed by atoms with Gasteiger partial charge in [-0.1, -0.05) is 19.1 Å². The van der Waals surface area contributed by atoms with E-state index < -0.39 is 0 Å². The number of hydrogen-bond donors (Lipinski definition) is 1. The molecule has 1 aliphatic rings. The summed E-state index contributed by atoms with van der Waals surface area (Å²) in [6.07, 6.45) is 5.38. The molecule has 1 heterocycles. The van der Waals surface area contributed by atoms with Crippen molar-refractivity contribution in [3.63, 3.8) is 0 Å². The van der Waals surface area contributed by atoms with Gasteiger partial charge in [-0.05, 0) is 49.1 Å². The molecule has 1 amide bonds. The number of aryl methyl sites for hydroxylation is 1. The lowest BCUT2D eigenvalue weighted by molar-refractivity contribution is 0.102. The van der Waals surface area contributed by atoms with Crippen LogP contribution < -0.4 is 5.32 Å². The molecular formula is C17H20N2OS2. The average molecular weight is 332 g/mol. The van der Waals surface area contributed by atoms with Crippen LogP contribution in [0.4, 0.5) is 5.13 Å². The average Bonchev–Trinajstić information content (AvgIpc) is 2.89. The molecule has 116 valence electrons. The molecule has 0 radical (unpaired) electrons. The second-order valence-corrected chi connectivity index (χ2v) is 7.77. The van der Waals surface area contributed by atoms with E-state index in [0.717, 1.165) is 29.6 Å². The lowest BCUT2D eigenvalue weighted by Crippen LogP contribution is -2.12. The van der Waals surface area contributed by atoms with E-state index in [1.165, 1.54) is 22.6 Å². The van der Waals surface area contributed by atoms with Crippen LogP contribution in [0.25, 0.3) is 0 Å². The van der Waals surface area contributed by atoms with Gasteiger partial charge in [0.25, 0.3) is 5.91 Å². The van der Waals surface area contributed by atoms with Crippen molar-refractivity contribution in [2.24, 2.45) is 5.92 Å². The maximum atomic E-state index is 12.4. The van der Waals surface area contributed by atoms with Crippen molar-refractivity contribution < 1.29 is 4.79 Å². The topological polar surface area (TPSA) is 42.0 Å². The van der Waals surface area contributed by atoms with E-state index in [2.05, 4.69) is 29.5 Å². The monoisotopic (exact) mass is 332 g/mol. The van der Waals surface area contributed by atoms with Crippen LogP contribution in [-0.2, 0) is 18.6 Å². The third kappa shape index (κ3) is 3.52. The molecule has 5 heteroatoms. The highest BCUT2D eigenvalue weighted by molar-refractivity contribution is 7.97. The Labute approximate surface area is 139 Å². The molecule has 0 fully saturated rings. The van der Waals surface area contributed by atoms with Crippen molar-refractivity contribution in [3.8, 4) is 0 Å². The summed E-state index contributed by atoms with van der Waals surface area (Å²) < 4.78 is 0. The standard InChI is InChI=1S/C17H20N2OS2/c1-11-6-7-14-15(8-11)22-17(18-14)19-16(20)13-5-3-4-12(9-13)10-21-2/h3-5,9,11H,6-8,10H2,1-2H3,(H,18,19,20). The first kappa shape index (κ1) is 15.6. The molecule has 1 atom stereocenters. The lowest BCUT2D eigenvalue weighted by Gasteiger charge is -2.15. The Kier molecular flexibility index (Phi) is 4.84. The molecule has 0 saturated carbocycles. The van der Waals surface area contributed by atoms with Crippen LogP contribution in [0.2, 0.25) is 0 Å². The lowest BCUT2D eigenvalue weighted by atomic mass is 9.93. The fourth-order valence-electron chi connectivity index (χ4n) is 2.73. The van der Waals surface area contributed by atoms with Gasteiger partial charge in [-0.25, -0.2) is 4.98 Å². The van der Waals surface area contributed by atoms with E-state index in [9.17, 15) is 4.79 Å². The molecule has 1 unspecified atom stereocenters. The normalized spacial score (nSPS) is 17.1. The zero-order chi connectivity index (χ0) is 15.5. The van der Waals surface area contributed by atoms with E-state index in [-0.39, 0.29) is 5.91 Å². The minimum Gasteiger partial charge on any atom is -0.298 e. The number of amides is 1. The molecule has 22 heavy (non-hydrogen) atoms. The van der Waals surface area contributed by atoms with Gasteiger partial charge in [-0.3, -0.25) is 10.1 Å². The molecule has 2 aromatic rings. The van der Waals surface area contributed by atoms with Crippen molar-refractivity contribution >= 4 is 34.1 Å². The summed E-state index contributed by atoms with van der Waals surface area (Å²) in [4.78, 5) is 18.3. The zero-order valence-electron chi connectivity index (χ0n) is 12.9. The third-order valence-electron chi connectivity index (χ3n) is 3.91. The second kappa shape index (κ2) is 6.84. The van der Waals surface area contributed by atoms with E-state index in [0.29, 0.717) is 5.56 Å². The largest absolute Gasteiger partial charge is 0.298 e. The highest BCUT2D eigenvalue weighted by Crippen LogP contribution is 2.32. The summed E-state index contributed by atoms with van der Waals surface area (Å²) >= 11 is 3.38. The Balaban J connectivity index is 1.73. The van der Waals surface area contributed by atoms with Crippen LogP contribution >= 0.6 is 23.1 Å². The van der Waals surface area contributed by atoms with Crippen molar-refractivity contribution in [2.75, 3.05) is 11.6 Å². The van der Waals surface area contributed by atoms with Gasteiger partial charge in [0.05, 0.1) is 5.69 Å². The van der Waals surface area contributed by atoms with E-state index in [1.807, 2.05) is 18.2 Å². The predicted molar refractivity (Wildman–Crippen MR) is 94.9 cm³/mol. The maximum absolute atomic E-state index is 12.4. The van der Waals surface area contributed by atoms with Gasteiger partial charge >= 0.3 is 0 Å². The molecular weight excluding hydrogens is 312 g/mol. The molecule has 0 aliphatic heterocycles. The Hall–Kier alpha value is -1.33. The van der Waals surface area contributed by atoms with Crippen molar-refractivity contribution in [1.29, 1.82) is 0 Å². The summed E-state index contributed by atoms with van der Waals surface area (Å²) in [5.41, 5.74) is 3.05. The van der Waals surface area contributed by atoms with Crippen LogP contribution in [0.1, 0.15) is 39.8 Å². The molecule has 1 aromatic carbocycles. The van der Waals surface area contributed by atoms with Crippen LogP contribution in [0.3, 0.4) is 0 Å². The van der Waals surface area contributed by atoms with E-state index in [1.54, 1.807) is 23.1 Å². The summed E-state index contributed by atoms with van der Waals surface area (Å²) in [5.74, 6) is 1.58. The van der Waals surface area contributed by atoms with Gasteiger partial charge in [0, 0.05) is 16.2 Å². The quantitative estimate of drug-likeness (QED) is 0.903. The number of benzene rings is 1. The number of rotatable bonds is 4. The van der Waals surface area contributed by atoms with Gasteiger partial charge < -0.3 is 0 Å². The minimum atomic E-state index is -0.0675. The molecule has 3 rings (SSSR count). The Morgan fingerprint density at radius 2 is 2.36 bits per heavy atom. The Morgan fingerprint density at radius 3 is 3.18 bits per heavy atom. The van der Waals surface area contributed by atoms with Gasteiger partial charge in [0.2, 0.25) is 0 Å². The first-order valence-electron chi connectivity index (χ1n) is 7.53. The van der Waals surface area contributed by atoms with Crippen LogP contribution in [0.15, 0.2) is 24.3 Å². The molecule has 1 aromatic heterocycles. The first-order chi connectivity index (χ1) is 10.7. The van der Waals surface area contributed by atoms with Gasteiger partial charge in [-0.15, -0.1) is 11.3 Å².